The molecule has 1 aromatic heterocycles. The predicted molar refractivity (Wildman–Crippen MR) is 162 cm³/mol. The van der Waals surface area contributed by atoms with E-state index in [0.717, 1.165) is 24.0 Å². The maximum Gasteiger partial charge on any atom is 0.304 e. The van der Waals surface area contributed by atoms with Crippen molar-refractivity contribution in [2.45, 2.75) is 57.2 Å². The summed E-state index contributed by atoms with van der Waals surface area (Å²) in [6, 6.07) is 19.3. The molecule has 0 spiro atoms. The van der Waals surface area contributed by atoms with Crippen LogP contribution < -0.4 is 0 Å². The van der Waals surface area contributed by atoms with Gasteiger partial charge < -0.3 is 10.0 Å². The Balaban J connectivity index is 1.64. The molecule has 1 saturated heterocycles. The number of piperidine rings is 1. The predicted octanol–water partition coefficient (Wildman–Crippen LogP) is 6.34. The maximum absolute atomic E-state index is 14.6. The van der Waals surface area contributed by atoms with E-state index in [1.165, 1.54) is 4.31 Å². The molecular weight excluding hydrogens is 597 g/mol. The second-order valence-electron chi connectivity index (χ2n) is 11.5. The second-order valence-corrected chi connectivity index (χ2v) is 13.3. The Morgan fingerprint density at radius 3 is 2.43 bits per heavy atom. The van der Waals surface area contributed by atoms with E-state index in [9.17, 15) is 23.5 Å². The lowest BCUT2D eigenvalue weighted by Gasteiger charge is -2.52. The molecule has 3 aromatic rings. The smallest absolute Gasteiger partial charge is 0.304 e. The number of hydrogen-bond donors (Lipinski definition) is 2. The van der Waals surface area contributed by atoms with E-state index in [-0.39, 0.29) is 37.3 Å². The number of halogens is 2. The van der Waals surface area contributed by atoms with Crippen molar-refractivity contribution < 1.29 is 23.5 Å². The number of carbonyl (C=O) groups is 2. The van der Waals surface area contributed by atoms with E-state index < -0.39 is 34.7 Å². The topological polar surface area (TPSA) is 111 Å². The molecule has 0 bridgehead atoms. The number of carbonyl (C=O) groups excluding carboxylic acids is 1. The minimum Gasteiger partial charge on any atom is -0.481 e. The number of nitrogens with zero attached hydrogens (tertiary/aromatic N) is 3. The Labute approximate surface area is 258 Å². The molecule has 8 nitrogen and oxygen atoms in total. The van der Waals surface area contributed by atoms with Gasteiger partial charge in [0.15, 0.2) is 0 Å². The van der Waals surface area contributed by atoms with Gasteiger partial charge >= 0.3 is 5.97 Å². The van der Waals surface area contributed by atoms with Gasteiger partial charge in [0, 0.05) is 34.7 Å². The number of likely N-dealkylation sites (tertiary alicyclic amines) is 1. The molecular formula is C31H33Cl2N3O5S. The fraction of sp³-hybridized carbons (Fsp3) is 0.387. The zero-order valence-corrected chi connectivity index (χ0v) is 25.4. The van der Waals surface area contributed by atoms with Crippen molar-refractivity contribution in [2.24, 2.45) is 11.3 Å². The first-order valence-electron chi connectivity index (χ1n) is 13.9. The third kappa shape index (κ3) is 6.87. The van der Waals surface area contributed by atoms with Crippen LogP contribution in [0.2, 0.25) is 10.0 Å². The Bertz CT molecular complexity index is 1460. The lowest BCUT2D eigenvalue weighted by molar-refractivity contribution is -0.161. The van der Waals surface area contributed by atoms with E-state index in [4.69, 9.17) is 23.2 Å². The van der Waals surface area contributed by atoms with E-state index in [1.807, 2.05) is 41.3 Å². The number of carboxylic acid groups (broad SMARTS) is 1. The first-order chi connectivity index (χ1) is 20.1. The van der Waals surface area contributed by atoms with Gasteiger partial charge in [0.2, 0.25) is 17.2 Å². The van der Waals surface area contributed by atoms with E-state index in [0.29, 0.717) is 22.2 Å². The highest BCUT2D eigenvalue weighted by molar-refractivity contribution is 7.76. The fourth-order valence-corrected chi connectivity index (χ4v) is 7.10. The lowest BCUT2D eigenvalue weighted by Crippen LogP contribution is -2.59. The molecule has 0 radical (unpaired) electrons. The summed E-state index contributed by atoms with van der Waals surface area (Å²) in [6.45, 7) is 1.95. The van der Waals surface area contributed by atoms with Crippen molar-refractivity contribution >= 4 is 46.3 Å². The normalized spacial score (nSPS) is 24.0. The second kappa shape index (κ2) is 12.8. The summed E-state index contributed by atoms with van der Waals surface area (Å²) in [5.41, 5.74) is 1.16. The highest BCUT2D eigenvalue weighted by Crippen LogP contribution is 2.54. The van der Waals surface area contributed by atoms with Crippen LogP contribution >= 0.6 is 23.2 Å². The van der Waals surface area contributed by atoms with Crippen molar-refractivity contribution in [3.05, 3.63) is 99.8 Å². The molecule has 11 heteroatoms. The van der Waals surface area contributed by atoms with Gasteiger partial charge in [-0.25, -0.2) is 4.21 Å². The zero-order chi connectivity index (χ0) is 30.0. The highest BCUT2D eigenvalue weighted by Gasteiger charge is 2.54. The Hall–Kier alpha value is -2.82. The van der Waals surface area contributed by atoms with Gasteiger partial charge in [0.05, 0.1) is 30.1 Å². The highest BCUT2D eigenvalue weighted by atomic mass is 35.5. The van der Waals surface area contributed by atoms with Crippen LogP contribution in [0.1, 0.15) is 61.4 Å². The number of pyridine rings is 1. The SMILES string of the molecule is C[C@]1(CC(=O)O)C[C@H](c2cccc(Cl)c2)[C@@H](c2ccc(Cl)cc2)N([C@H](CN(Cc2ccccn2)S(=O)O)C2CC2)C1=O. The van der Waals surface area contributed by atoms with Gasteiger partial charge in [-0.2, -0.15) is 4.31 Å². The average Bonchev–Trinajstić information content (AvgIpc) is 3.79. The maximum atomic E-state index is 14.6. The lowest BCUT2D eigenvalue weighted by atomic mass is 9.67. The van der Waals surface area contributed by atoms with Gasteiger partial charge in [0.1, 0.15) is 0 Å². The van der Waals surface area contributed by atoms with Crippen LogP contribution in [-0.2, 0) is 27.4 Å². The molecule has 2 N–H and O–H groups in total. The van der Waals surface area contributed by atoms with E-state index in [2.05, 4.69) is 4.98 Å². The molecule has 5 atom stereocenters. The van der Waals surface area contributed by atoms with Crippen molar-refractivity contribution in [1.29, 1.82) is 0 Å². The largest absolute Gasteiger partial charge is 0.481 e. The summed E-state index contributed by atoms with van der Waals surface area (Å²) >= 11 is 10.4. The molecule has 1 amide bonds. The summed E-state index contributed by atoms with van der Waals surface area (Å²) in [7, 11) is 0. The van der Waals surface area contributed by atoms with Gasteiger partial charge in [-0.1, -0.05) is 60.5 Å². The van der Waals surface area contributed by atoms with E-state index in [1.54, 1.807) is 43.5 Å². The summed E-state index contributed by atoms with van der Waals surface area (Å²) in [4.78, 5) is 32.8. The van der Waals surface area contributed by atoms with Gasteiger partial charge in [-0.15, -0.1) is 0 Å². The molecule has 1 saturated carbocycles. The molecule has 42 heavy (non-hydrogen) atoms. The zero-order valence-electron chi connectivity index (χ0n) is 23.1. The number of aromatic nitrogens is 1. The van der Waals surface area contributed by atoms with Gasteiger partial charge in [-0.05, 0) is 72.7 Å². The number of hydrogen-bond acceptors (Lipinski definition) is 4. The minimum atomic E-state index is -2.34. The fourth-order valence-electron chi connectivity index (χ4n) is 6.25. The average molecular weight is 631 g/mol. The van der Waals surface area contributed by atoms with Gasteiger partial charge in [0.25, 0.3) is 0 Å². The first kappa shape index (κ1) is 30.6. The Morgan fingerprint density at radius 1 is 1.10 bits per heavy atom. The van der Waals surface area contributed by atoms with Crippen LogP contribution in [0.5, 0.6) is 0 Å². The number of carboxylic acids is 1. The summed E-state index contributed by atoms with van der Waals surface area (Å²) < 4.78 is 24.4. The molecule has 1 aliphatic carbocycles. The van der Waals surface area contributed by atoms with Crippen LogP contribution in [0.3, 0.4) is 0 Å². The monoisotopic (exact) mass is 629 g/mol. The number of benzene rings is 2. The molecule has 2 heterocycles. The molecule has 2 fully saturated rings. The molecule has 222 valence electrons. The van der Waals surface area contributed by atoms with Crippen LogP contribution in [0.25, 0.3) is 0 Å². The summed E-state index contributed by atoms with van der Waals surface area (Å²) in [5.74, 6) is -1.54. The molecule has 2 aliphatic rings. The summed E-state index contributed by atoms with van der Waals surface area (Å²) in [6.07, 6.45) is 3.30. The molecule has 1 unspecified atom stereocenters. The van der Waals surface area contributed by atoms with Crippen molar-refractivity contribution in [3.8, 4) is 0 Å². The summed E-state index contributed by atoms with van der Waals surface area (Å²) in [5, 5.41) is 11.0. The number of amides is 1. The quantitative estimate of drug-likeness (QED) is 0.239. The molecule has 2 aromatic carbocycles. The van der Waals surface area contributed by atoms with Crippen molar-refractivity contribution in [3.63, 3.8) is 0 Å². The number of aliphatic carboxylic acids is 1. The third-order valence-electron chi connectivity index (χ3n) is 8.33. The van der Waals surface area contributed by atoms with Crippen molar-refractivity contribution in [2.75, 3.05) is 6.54 Å². The third-order valence-corrected chi connectivity index (χ3v) is 9.54. The van der Waals surface area contributed by atoms with Crippen LogP contribution in [0.15, 0.2) is 72.9 Å². The molecule has 1 aliphatic heterocycles. The van der Waals surface area contributed by atoms with Crippen LogP contribution in [0, 0.1) is 11.3 Å². The van der Waals surface area contributed by atoms with Gasteiger partial charge in [-0.3, -0.25) is 19.1 Å². The van der Waals surface area contributed by atoms with Crippen LogP contribution in [0.4, 0.5) is 0 Å². The Kier molecular flexibility index (Phi) is 9.34. The van der Waals surface area contributed by atoms with E-state index >= 15 is 0 Å². The number of rotatable bonds is 11. The first-order valence-corrected chi connectivity index (χ1v) is 15.7. The van der Waals surface area contributed by atoms with Crippen LogP contribution in [-0.4, -0.2) is 52.5 Å². The van der Waals surface area contributed by atoms with Crippen molar-refractivity contribution in [1.82, 2.24) is 14.2 Å². The molecule has 5 rings (SSSR count). The minimum absolute atomic E-state index is 0.0886. The Morgan fingerprint density at radius 2 is 1.83 bits per heavy atom. The standard InChI is InChI=1S/C31H33Cl2N3O5S/c1-31(17-28(37)38)16-26(22-5-4-6-24(33)15-22)29(21-10-12-23(32)13-11-21)36(30(31)39)27(20-8-9-20)19-35(42(40)41)18-25-7-2-3-14-34-25/h2-7,10-15,20,26-27,29H,8-9,16-19H2,1H3,(H,37,38)(H,40,41)/t26-,27-,29-,31-/m1/s1.